The van der Waals surface area contributed by atoms with Crippen LogP contribution in [0, 0.1) is 11.8 Å². The standard InChI is InChI=1S/C32H52N2O6/c1-23(39-25-19-29(3,4)33(11)30(5,6)20-25)17-27(35)37-15-13-14-16-38-28(36)18-24(2)40-26-21-31(7,8)34(12)32(9,10)22-26/h17-18,25-26H,15-16,19-22H2,1-12H3/b23-17-,24-18-. The van der Waals surface area contributed by atoms with Crippen molar-refractivity contribution >= 4 is 11.9 Å². The predicted molar refractivity (Wildman–Crippen MR) is 157 cm³/mol. The van der Waals surface area contributed by atoms with E-state index >= 15 is 0 Å². The van der Waals surface area contributed by atoms with Gasteiger partial charge >= 0.3 is 11.9 Å². The molecule has 2 fully saturated rings. The van der Waals surface area contributed by atoms with Crippen molar-refractivity contribution < 1.29 is 28.5 Å². The molecule has 2 aliphatic rings. The quantitative estimate of drug-likeness (QED) is 0.173. The van der Waals surface area contributed by atoms with Gasteiger partial charge in [-0.3, -0.25) is 9.80 Å². The van der Waals surface area contributed by atoms with E-state index in [-0.39, 0.29) is 47.6 Å². The van der Waals surface area contributed by atoms with Crippen LogP contribution in [0.2, 0.25) is 0 Å². The lowest BCUT2D eigenvalue weighted by Crippen LogP contribution is -2.60. The molecular weight excluding hydrogens is 508 g/mol. The second-order valence-corrected chi connectivity index (χ2v) is 13.7. The molecule has 0 saturated carbocycles. The topological polar surface area (TPSA) is 77.5 Å². The summed E-state index contributed by atoms with van der Waals surface area (Å²) in [5, 5.41) is 0. The first-order valence-electron chi connectivity index (χ1n) is 14.2. The summed E-state index contributed by atoms with van der Waals surface area (Å²) in [6, 6.07) is 0. The van der Waals surface area contributed by atoms with Gasteiger partial charge in [-0.25, -0.2) is 9.59 Å². The molecule has 0 amide bonds. The maximum Gasteiger partial charge on any atom is 0.335 e. The third-order valence-electron chi connectivity index (χ3n) is 8.59. The zero-order chi connectivity index (χ0) is 30.5. The molecule has 0 N–H and O–H groups in total. The summed E-state index contributed by atoms with van der Waals surface area (Å²) in [6.45, 7) is 21.0. The van der Waals surface area contributed by atoms with Gasteiger partial charge in [-0.05, 0) is 83.3 Å². The number of rotatable bonds is 8. The van der Waals surface area contributed by atoms with Gasteiger partial charge in [0.2, 0.25) is 0 Å². The number of carbonyl (C=O) groups is 2. The number of allylic oxidation sites excluding steroid dienone is 2. The summed E-state index contributed by atoms with van der Waals surface area (Å²) >= 11 is 0. The van der Waals surface area contributed by atoms with E-state index in [1.807, 2.05) is 0 Å². The van der Waals surface area contributed by atoms with E-state index < -0.39 is 11.9 Å². The number of nitrogens with zero attached hydrogens (tertiary/aromatic N) is 2. The molecule has 0 atom stereocenters. The van der Waals surface area contributed by atoms with E-state index in [9.17, 15) is 9.59 Å². The summed E-state index contributed by atoms with van der Waals surface area (Å²) in [4.78, 5) is 29.1. The third kappa shape index (κ3) is 9.55. The number of piperidine rings is 2. The van der Waals surface area contributed by atoms with Crippen LogP contribution in [0.5, 0.6) is 0 Å². The lowest BCUT2D eigenvalue weighted by atomic mass is 9.78. The molecule has 0 aromatic heterocycles. The molecule has 0 unspecified atom stereocenters. The molecule has 40 heavy (non-hydrogen) atoms. The minimum absolute atomic E-state index is 0.00511. The van der Waals surface area contributed by atoms with E-state index in [2.05, 4.69) is 91.1 Å². The largest absolute Gasteiger partial charge is 0.495 e. The van der Waals surface area contributed by atoms with E-state index in [1.54, 1.807) is 13.8 Å². The smallest absolute Gasteiger partial charge is 0.335 e. The summed E-state index contributed by atoms with van der Waals surface area (Å²) in [5.41, 5.74) is -0.0205. The SMILES string of the molecule is C/C(=C/C(=O)OCC#CCOC(=O)/C=C(/C)OC1CC(C)(C)N(C)C(C)(C)C1)OC1CC(C)(C)N(C)C(C)(C)C1. The molecule has 0 spiro atoms. The van der Waals surface area contributed by atoms with Crippen molar-refractivity contribution in [1.29, 1.82) is 0 Å². The molecule has 0 aromatic carbocycles. The molecule has 2 saturated heterocycles. The van der Waals surface area contributed by atoms with E-state index in [1.165, 1.54) is 12.2 Å². The normalized spacial score (nSPS) is 23.5. The Morgan fingerprint density at radius 3 is 1.20 bits per heavy atom. The molecule has 0 radical (unpaired) electrons. The molecule has 0 aliphatic carbocycles. The van der Waals surface area contributed by atoms with Crippen LogP contribution in [-0.2, 0) is 28.5 Å². The average Bonchev–Trinajstić information content (AvgIpc) is 2.77. The molecule has 2 aliphatic heterocycles. The highest BCUT2D eigenvalue weighted by Crippen LogP contribution is 2.39. The van der Waals surface area contributed by atoms with Crippen molar-refractivity contribution in [3.05, 3.63) is 23.7 Å². The Hall–Kier alpha value is -2.50. The van der Waals surface area contributed by atoms with Crippen molar-refractivity contribution in [2.45, 2.75) is 129 Å². The maximum absolute atomic E-state index is 12.2. The fourth-order valence-electron chi connectivity index (χ4n) is 6.05. The highest BCUT2D eigenvalue weighted by Gasteiger charge is 2.45. The molecule has 2 heterocycles. The zero-order valence-corrected chi connectivity index (χ0v) is 26.9. The van der Waals surface area contributed by atoms with Crippen LogP contribution >= 0.6 is 0 Å². The van der Waals surface area contributed by atoms with Gasteiger partial charge in [0.1, 0.15) is 23.7 Å². The average molecular weight is 561 g/mol. The van der Waals surface area contributed by atoms with Crippen LogP contribution in [0.1, 0.15) is 94.9 Å². The summed E-state index contributed by atoms with van der Waals surface area (Å²) < 4.78 is 22.4. The molecule has 8 heteroatoms. The second-order valence-electron chi connectivity index (χ2n) is 13.7. The maximum atomic E-state index is 12.2. The lowest BCUT2D eigenvalue weighted by molar-refractivity contribution is -0.138. The van der Waals surface area contributed by atoms with Crippen LogP contribution < -0.4 is 0 Å². The van der Waals surface area contributed by atoms with Crippen molar-refractivity contribution in [2.24, 2.45) is 0 Å². The first-order chi connectivity index (χ1) is 18.2. The van der Waals surface area contributed by atoms with Gasteiger partial charge in [0.25, 0.3) is 0 Å². The fourth-order valence-corrected chi connectivity index (χ4v) is 6.05. The Labute approximate surface area is 242 Å². The van der Waals surface area contributed by atoms with Crippen molar-refractivity contribution in [3.63, 3.8) is 0 Å². The van der Waals surface area contributed by atoms with E-state index in [0.717, 1.165) is 25.7 Å². The molecule has 8 nitrogen and oxygen atoms in total. The number of ether oxygens (including phenoxy) is 4. The number of carbonyl (C=O) groups excluding carboxylic acids is 2. The van der Waals surface area contributed by atoms with E-state index in [0.29, 0.717) is 11.5 Å². The number of hydrogen-bond acceptors (Lipinski definition) is 8. The molecule has 0 bridgehead atoms. The van der Waals surface area contributed by atoms with Crippen LogP contribution in [0.25, 0.3) is 0 Å². The van der Waals surface area contributed by atoms with Gasteiger partial charge in [-0.15, -0.1) is 0 Å². The first-order valence-corrected chi connectivity index (χ1v) is 14.2. The zero-order valence-electron chi connectivity index (χ0n) is 26.9. The Morgan fingerprint density at radius 2 is 0.925 bits per heavy atom. The Kier molecular flexibility index (Phi) is 10.9. The van der Waals surface area contributed by atoms with Gasteiger partial charge in [-0.2, -0.15) is 0 Å². The minimum Gasteiger partial charge on any atom is -0.495 e. The number of likely N-dealkylation sites (tertiary alicyclic amines) is 2. The van der Waals surface area contributed by atoms with Crippen molar-refractivity contribution in [3.8, 4) is 11.8 Å². The lowest BCUT2D eigenvalue weighted by Gasteiger charge is -2.53. The van der Waals surface area contributed by atoms with Crippen LogP contribution in [0.4, 0.5) is 0 Å². The monoisotopic (exact) mass is 560 g/mol. The fraction of sp³-hybridized carbons (Fsp3) is 0.750. The summed E-state index contributed by atoms with van der Waals surface area (Å²) in [7, 11) is 4.28. The van der Waals surface area contributed by atoms with Gasteiger partial charge in [0.05, 0.1) is 12.2 Å². The van der Waals surface area contributed by atoms with Crippen molar-refractivity contribution in [2.75, 3.05) is 27.3 Å². The van der Waals surface area contributed by atoms with E-state index in [4.69, 9.17) is 18.9 Å². The van der Waals surface area contributed by atoms with Gasteiger partial charge in [0, 0.05) is 47.8 Å². The van der Waals surface area contributed by atoms with Gasteiger partial charge in [0.15, 0.2) is 13.2 Å². The summed E-state index contributed by atoms with van der Waals surface area (Å²) in [6.07, 6.45) is 6.20. The highest BCUT2D eigenvalue weighted by molar-refractivity contribution is 5.83. The van der Waals surface area contributed by atoms with Crippen LogP contribution in [0.3, 0.4) is 0 Å². The third-order valence-corrected chi connectivity index (χ3v) is 8.59. The molecule has 226 valence electrons. The van der Waals surface area contributed by atoms with Gasteiger partial charge in [-0.1, -0.05) is 11.8 Å². The van der Waals surface area contributed by atoms with Crippen molar-refractivity contribution in [1.82, 2.24) is 9.80 Å². The first kappa shape index (κ1) is 33.7. The predicted octanol–water partition coefficient (Wildman–Crippen LogP) is 5.22. The Bertz CT molecular complexity index is 927. The minimum atomic E-state index is -0.522. The second kappa shape index (κ2) is 13.0. The number of esters is 2. The van der Waals surface area contributed by atoms with Crippen LogP contribution in [-0.4, -0.2) is 83.4 Å². The summed E-state index contributed by atoms with van der Waals surface area (Å²) in [5.74, 6) is 5.38. The molecule has 0 aromatic rings. The molecule has 2 rings (SSSR count). The van der Waals surface area contributed by atoms with Crippen LogP contribution in [0.15, 0.2) is 23.7 Å². The number of hydrogen-bond donors (Lipinski definition) is 0. The molecular formula is C32H52N2O6. The Balaban J connectivity index is 1.73. The Morgan fingerprint density at radius 1 is 0.650 bits per heavy atom. The van der Waals surface area contributed by atoms with Gasteiger partial charge < -0.3 is 18.9 Å². The highest BCUT2D eigenvalue weighted by atomic mass is 16.5.